The molecular formula is C28H33N5O3. The van der Waals surface area contributed by atoms with Gasteiger partial charge >= 0.3 is 0 Å². The number of likely N-dealkylation sites (tertiary alicyclic amines) is 1. The number of carbonyl (C=O) groups is 2. The van der Waals surface area contributed by atoms with E-state index >= 15 is 0 Å². The Morgan fingerprint density at radius 2 is 1.72 bits per heavy atom. The van der Waals surface area contributed by atoms with Gasteiger partial charge in [0.1, 0.15) is 17.4 Å². The minimum Gasteiger partial charge on any atom is -0.383 e. The van der Waals surface area contributed by atoms with E-state index in [2.05, 4.69) is 15.2 Å². The van der Waals surface area contributed by atoms with Gasteiger partial charge in [0, 0.05) is 51.5 Å². The smallest absolute Gasteiger partial charge is 0.246 e. The number of rotatable bonds is 8. The third kappa shape index (κ3) is 4.92. The number of imidazole rings is 1. The Kier molecular flexibility index (Phi) is 7.16. The van der Waals surface area contributed by atoms with E-state index in [9.17, 15) is 9.59 Å². The van der Waals surface area contributed by atoms with Crippen molar-refractivity contribution in [1.29, 1.82) is 0 Å². The first-order valence-corrected chi connectivity index (χ1v) is 12.6. The molecule has 8 heteroatoms. The van der Waals surface area contributed by atoms with Crippen LogP contribution in [0.5, 0.6) is 0 Å². The zero-order valence-electron chi connectivity index (χ0n) is 20.7. The maximum Gasteiger partial charge on any atom is 0.246 e. The second-order valence-electron chi connectivity index (χ2n) is 9.61. The standard InChI is InChI=1S/C28H33N5O3/c1-36-17-16-33-26(34)24(18-21-8-4-2-5-9-21)31-27(35)28(33)12-14-32(15-13-28)20-23-19-29-25(30-23)22-10-6-3-7-11-22/h2-11,19,24H,12-18,20H2,1H3,(H,29,30)(H,31,35). The summed E-state index contributed by atoms with van der Waals surface area (Å²) in [4.78, 5) is 39.2. The van der Waals surface area contributed by atoms with Gasteiger partial charge in [-0.15, -0.1) is 0 Å². The molecule has 36 heavy (non-hydrogen) atoms. The predicted molar refractivity (Wildman–Crippen MR) is 137 cm³/mol. The van der Waals surface area contributed by atoms with Gasteiger partial charge in [-0.05, 0) is 18.4 Å². The summed E-state index contributed by atoms with van der Waals surface area (Å²) in [6.45, 7) is 2.93. The maximum atomic E-state index is 13.6. The van der Waals surface area contributed by atoms with Crippen molar-refractivity contribution < 1.29 is 14.3 Å². The quantitative estimate of drug-likeness (QED) is 0.510. The molecule has 188 valence electrons. The van der Waals surface area contributed by atoms with Gasteiger partial charge in [-0.2, -0.15) is 0 Å². The molecule has 1 spiro atoms. The lowest BCUT2D eigenvalue weighted by Crippen LogP contribution is -2.73. The molecule has 0 saturated carbocycles. The highest BCUT2D eigenvalue weighted by atomic mass is 16.5. The highest BCUT2D eigenvalue weighted by molar-refractivity contribution is 6.00. The van der Waals surface area contributed by atoms with Gasteiger partial charge < -0.3 is 19.9 Å². The van der Waals surface area contributed by atoms with Crippen molar-refractivity contribution in [3.8, 4) is 11.4 Å². The van der Waals surface area contributed by atoms with E-state index in [0.29, 0.717) is 52.0 Å². The second kappa shape index (κ2) is 10.6. The molecule has 3 heterocycles. The molecule has 2 saturated heterocycles. The van der Waals surface area contributed by atoms with Crippen molar-refractivity contribution in [2.24, 2.45) is 0 Å². The summed E-state index contributed by atoms with van der Waals surface area (Å²) in [7, 11) is 1.62. The van der Waals surface area contributed by atoms with Crippen LogP contribution in [0.25, 0.3) is 11.4 Å². The highest BCUT2D eigenvalue weighted by Crippen LogP contribution is 2.34. The first kappa shape index (κ1) is 24.2. The monoisotopic (exact) mass is 487 g/mol. The molecule has 2 fully saturated rings. The van der Waals surface area contributed by atoms with Crippen molar-refractivity contribution in [2.45, 2.75) is 37.4 Å². The van der Waals surface area contributed by atoms with E-state index < -0.39 is 11.6 Å². The van der Waals surface area contributed by atoms with Crippen LogP contribution in [0.4, 0.5) is 0 Å². The van der Waals surface area contributed by atoms with Crippen molar-refractivity contribution >= 4 is 11.8 Å². The molecule has 2 amide bonds. The van der Waals surface area contributed by atoms with Crippen molar-refractivity contribution in [3.05, 3.63) is 78.1 Å². The molecule has 2 aromatic carbocycles. The Labute approximate surface area is 211 Å². The minimum atomic E-state index is -0.833. The normalized spacial score (nSPS) is 20.0. The topological polar surface area (TPSA) is 90.6 Å². The number of nitrogens with one attached hydrogen (secondary N) is 2. The van der Waals surface area contributed by atoms with Crippen LogP contribution in [0.1, 0.15) is 24.1 Å². The molecule has 1 atom stereocenters. The zero-order chi connectivity index (χ0) is 25.0. The first-order chi connectivity index (χ1) is 17.6. The molecule has 5 rings (SSSR count). The number of piperazine rings is 1. The Bertz CT molecular complexity index is 1170. The number of piperidine rings is 1. The number of H-pyrrole nitrogens is 1. The van der Waals surface area contributed by atoms with E-state index in [-0.39, 0.29) is 11.8 Å². The SMILES string of the molecule is COCCN1C(=O)C(Cc2ccccc2)NC(=O)C12CCN(Cc1c[nH]c(-c3ccccc3)n1)CC2. The number of nitrogens with zero attached hydrogens (tertiary/aromatic N) is 3. The Hall–Kier alpha value is -3.49. The third-order valence-electron chi connectivity index (χ3n) is 7.36. The average molecular weight is 488 g/mol. The van der Waals surface area contributed by atoms with Gasteiger partial charge in [0.2, 0.25) is 11.8 Å². The van der Waals surface area contributed by atoms with Crippen LogP contribution >= 0.6 is 0 Å². The summed E-state index contributed by atoms with van der Waals surface area (Å²) in [5.41, 5.74) is 2.22. The number of benzene rings is 2. The number of methoxy groups -OCH3 is 1. The summed E-state index contributed by atoms with van der Waals surface area (Å²) in [6, 6.07) is 19.3. The van der Waals surface area contributed by atoms with E-state index in [1.807, 2.05) is 66.9 Å². The predicted octanol–water partition coefficient (Wildman–Crippen LogP) is 2.63. The Morgan fingerprint density at radius 3 is 2.42 bits per heavy atom. The number of hydrogen-bond donors (Lipinski definition) is 2. The summed E-state index contributed by atoms with van der Waals surface area (Å²) < 4.78 is 5.31. The van der Waals surface area contributed by atoms with E-state index in [1.54, 1.807) is 12.0 Å². The fourth-order valence-corrected chi connectivity index (χ4v) is 5.36. The van der Waals surface area contributed by atoms with Crippen LogP contribution in [-0.4, -0.2) is 76.5 Å². The van der Waals surface area contributed by atoms with Gasteiger partial charge in [0.05, 0.1) is 12.3 Å². The fourth-order valence-electron chi connectivity index (χ4n) is 5.36. The van der Waals surface area contributed by atoms with Crippen LogP contribution in [0.2, 0.25) is 0 Å². The molecule has 8 nitrogen and oxygen atoms in total. The van der Waals surface area contributed by atoms with Gasteiger partial charge in [0.15, 0.2) is 0 Å². The third-order valence-corrected chi connectivity index (χ3v) is 7.36. The van der Waals surface area contributed by atoms with Gasteiger partial charge in [-0.1, -0.05) is 60.7 Å². The molecule has 3 aromatic rings. The molecule has 0 radical (unpaired) electrons. The summed E-state index contributed by atoms with van der Waals surface area (Å²) in [6.07, 6.45) is 3.60. The number of ether oxygens (including phenoxy) is 1. The molecule has 1 aromatic heterocycles. The number of aromatic amines is 1. The summed E-state index contributed by atoms with van der Waals surface area (Å²) >= 11 is 0. The average Bonchev–Trinajstić information content (AvgIpc) is 3.38. The number of aromatic nitrogens is 2. The van der Waals surface area contributed by atoms with E-state index in [4.69, 9.17) is 9.72 Å². The minimum absolute atomic E-state index is 0.0243. The van der Waals surface area contributed by atoms with E-state index in [1.165, 1.54) is 0 Å². The lowest BCUT2D eigenvalue weighted by molar-refractivity contribution is -0.162. The molecule has 0 aliphatic carbocycles. The second-order valence-corrected chi connectivity index (χ2v) is 9.61. The van der Waals surface area contributed by atoms with Gasteiger partial charge in [-0.3, -0.25) is 14.5 Å². The summed E-state index contributed by atoms with van der Waals surface area (Å²) in [5.74, 6) is 0.778. The van der Waals surface area contributed by atoms with Crippen molar-refractivity contribution in [3.63, 3.8) is 0 Å². The molecule has 1 unspecified atom stereocenters. The number of hydrogen-bond acceptors (Lipinski definition) is 5. The number of amides is 2. The van der Waals surface area contributed by atoms with Gasteiger partial charge in [0.25, 0.3) is 0 Å². The maximum absolute atomic E-state index is 13.6. The largest absolute Gasteiger partial charge is 0.383 e. The van der Waals surface area contributed by atoms with Crippen LogP contribution in [0.15, 0.2) is 66.9 Å². The first-order valence-electron chi connectivity index (χ1n) is 12.6. The molecule has 2 N–H and O–H groups in total. The highest BCUT2D eigenvalue weighted by Gasteiger charge is 2.53. The van der Waals surface area contributed by atoms with E-state index in [0.717, 1.165) is 22.6 Å². The fraction of sp³-hybridized carbons (Fsp3) is 0.393. The number of carbonyl (C=O) groups excluding carboxylic acids is 2. The van der Waals surface area contributed by atoms with Crippen LogP contribution < -0.4 is 5.32 Å². The van der Waals surface area contributed by atoms with Crippen molar-refractivity contribution in [1.82, 2.24) is 25.1 Å². The lowest BCUT2D eigenvalue weighted by Gasteiger charge is -2.51. The molecular weight excluding hydrogens is 454 g/mol. The summed E-state index contributed by atoms with van der Waals surface area (Å²) in [5, 5.41) is 3.06. The van der Waals surface area contributed by atoms with Crippen LogP contribution in [-0.2, 0) is 27.3 Å². The molecule has 2 aliphatic heterocycles. The molecule has 0 bridgehead atoms. The Balaban J connectivity index is 1.26. The van der Waals surface area contributed by atoms with Crippen molar-refractivity contribution in [2.75, 3.05) is 33.4 Å². The van der Waals surface area contributed by atoms with Gasteiger partial charge in [-0.25, -0.2) is 4.98 Å². The Morgan fingerprint density at radius 1 is 1.03 bits per heavy atom. The van der Waals surface area contributed by atoms with Crippen LogP contribution in [0, 0.1) is 0 Å². The zero-order valence-corrected chi connectivity index (χ0v) is 20.7. The van der Waals surface area contributed by atoms with Crippen LogP contribution in [0.3, 0.4) is 0 Å². The lowest BCUT2D eigenvalue weighted by atomic mass is 9.81. The molecule has 2 aliphatic rings.